The number of nitrogens with zero attached hydrogens (tertiary/aromatic N) is 3. The van der Waals surface area contributed by atoms with Gasteiger partial charge in [-0.3, -0.25) is 4.79 Å². The Kier molecular flexibility index (Phi) is 5.85. The van der Waals surface area contributed by atoms with Gasteiger partial charge in [-0.1, -0.05) is 58.4 Å². The van der Waals surface area contributed by atoms with E-state index in [0.717, 1.165) is 23.9 Å². The third-order valence-corrected chi connectivity index (χ3v) is 7.54. The summed E-state index contributed by atoms with van der Waals surface area (Å²) in [5, 5.41) is 5.36. The molecule has 1 amide bonds. The zero-order valence-corrected chi connectivity index (χ0v) is 20.3. The lowest BCUT2D eigenvalue weighted by Crippen LogP contribution is -2.42. The van der Waals surface area contributed by atoms with Crippen molar-refractivity contribution in [1.29, 1.82) is 0 Å². The maximum absolute atomic E-state index is 13.4. The molecule has 0 unspecified atom stereocenters. The lowest BCUT2D eigenvalue weighted by molar-refractivity contribution is 0.0594. The van der Waals surface area contributed by atoms with E-state index in [2.05, 4.69) is 31.1 Å². The van der Waals surface area contributed by atoms with Crippen molar-refractivity contribution in [3.63, 3.8) is 0 Å². The molecule has 1 fully saturated rings. The highest BCUT2D eigenvalue weighted by Crippen LogP contribution is 2.35. The van der Waals surface area contributed by atoms with Crippen molar-refractivity contribution in [2.24, 2.45) is 0 Å². The summed E-state index contributed by atoms with van der Waals surface area (Å²) >= 11 is 7.94. The number of aromatic nitrogens is 2. The number of fused-ring (bicyclic) bond motifs is 1. The van der Waals surface area contributed by atoms with Crippen molar-refractivity contribution < 1.29 is 14.1 Å². The summed E-state index contributed by atoms with van der Waals surface area (Å²) in [5.74, 6) is 0.405. The Morgan fingerprint density at radius 1 is 1.12 bits per heavy atom. The van der Waals surface area contributed by atoms with E-state index in [1.807, 2.05) is 23.1 Å². The van der Waals surface area contributed by atoms with Crippen LogP contribution in [0.4, 0.5) is 0 Å². The molecule has 0 aliphatic carbocycles. The molecular weight excluding hydrogens is 458 g/mol. The largest absolute Gasteiger partial charge is 0.467 e. The number of piperidine rings is 1. The Bertz CT molecular complexity index is 1300. The Balaban J connectivity index is 1.29. The second kappa shape index (κ2) is 8.80. The Labute approximate surface area is 201 Å². The molecular formula is C25H24ClN3O3S. The number of carbonyl (C=O) groups is 1. The van der Waals surface area contributed by atoms with Crippen molar-refractivity contribution in [2.45, 2.75) is 39.7 Å². The highest BCUT2D eigenvalue weighted by atomic mass is 35.5. The number of carbonyl (C=O) groups excluding carboxylic acids is 1. The Morgan fingerprint density at radius 3 is 2.58 bits per heavy atom. The van der Waals surface area contributed by atoms with Crippen LogP contribution in [0.15, 0.2) is 40.9 Å². The van der Waals surface area contributed by atoms with Gasteiger partial charge in [0.15, 0.2) is 0 Å². The number of halogens is 1. The van der Waals surface area contributed by atoms with Crippen LogP contribution in [0.2, 0.25) is 5.02 Å². The summed E-state index contributed by atoms with van der Waals surface area (Å²) in [4.78, 5) is 19.9. The first-order chi connectivity index (χ1) is 15.9. The van der Waals surface area contributed by atoms with Gasteiger partial charge >= 0.3 is 0 Å². The number of thiazole rings is 1. The fourth-order valence-electron chi connectivity index (χ4n) is 4.23. The summed E-state index contributed by atoms with van der Waals surface area (Å²) in [6, 6.07) is 11.6. The van der Waals surface area contributed by atoms with Crippen LogP contribution in [-0.2, 0) is 0 Å². The maximum Gasteiger partial charge on any atom is 0.274 e. The third kappa shape index (κ3) is 4.11. The van der Waals surface area contributed by atoms with Gasteiger partial charge in [-0.15, -0.1) is 0 Å². The highest BCUT2D eigenvalue weighted by molar-refractivity contribution is 7.20. The lowest BCUT2D eigenvalue weighted by atomic mass is 10.0. The van der Waals surface area contributed by atoms with Gasteiger partial charge in [0.05, 0.1) is 15.2 Å². The molecule has 33 heavy (non-hydrogen) atoms. The van der Waals surface area contributed by atoms with Crippen molar-refractivity contribution in [2.75, 3.05) is 13.1 Å². The quantitative estimate of drug-likeness (QED) is 0.346. The van der Waals surface area contributed by atoms with E-state index >= 15 is 0 Å². The van der Waals surface area contributed by atoms with Gasteiger partial charge in [0.1, 0.15) is 23.1 Å². The van der Waals surface area contributed by atoms with Gasteiger partial charge in [0.2, 0.25) is 0 Å². The number of rotatable bonds is 4. The van der Waals surface area contributed by atoms with E-state index in [0.29, 0.717) is 45.9 Å². The smallest absolute Gasteiger partial charge is 0.274 e. The predicted molar refractivity (Wildman–Crippen MR) is 130 cm³/mol. The molecule has 2 aromatic heterocycles. The van der Waals surface area contributed by atoms with Crippen molar-refractivity contribution in [1.82, 2.24) is 15.0 Å². The zero-order valence-electron chi connectivity index (χ0n) is 18.7. The molecule has 0 radical (unpaired) electrons. The Hall–Kier alpha value is -2.90. The molecule has 6 nitrogen and oxygen atoms in total. The molecule has 170 valence electrons. The average Bonchev–Trinajstić information content (AvgIpc) is 3.41. The predicted octanol–water partition coefficient (Wildman–Crippen LogP) is 6.21. The normalized spacial score (nSPS) is 14.7. The number of benzene rings is 2. The monoisotopic (exact) mass is 481 g/mol. The number of amides is 1. The zero-order chi connectivity index (χ0) is 23.1. The summed E-state index contributed by atoms with van der Waals surface area (Å²) < 4.78 is 12.8. The summed E-state index contributed by atoms with van der Waals surface area (Å²) in [6.45, 7) is 7.11. The molecule has 8 heteroatoms. The van der Waals surface area contributed by atoms with Gasteiger partial charge < -0.3 is 14.2 Å². The lowest BCUT2D eigenvalue weighted by Gasteiger charge is -2.31. The number of aryl methyl sites for hydroxylation is 3. The number of hydrogen-bond donors (Lipinski definition) is 0. The van der Waals surface area contributed by atoms with Crippen LogP contribution in [0.25, 0.3) is 21.5 Å². The average molecular weight is 482 g/mol. The first kappa shape index (κ1) is 21.9. The molecule has 0 saturated carbocycles. The minimum Gasteiger partial charge on any atom is -0.467 e. The minimum absolute atomic E-state index is 0.0295. The molecule has 2 aromatic carbocycles. The molecule has 5 rings (SSSR count). The van der Waals surface area contributed by atoms with Crippen LogP contribution in [0.5, 0.6) is 5.19 Å². The third-order valence-electron chi connectivity index (χ3n) is 6.12. The molecule has 4 aromatic rings. The Morgan fingerprint density at radius 2 is 1.85 bits per heavy atom. The summed E-state index contributed by atoms with van der Waals surface area (Å²) in [5.41, 5.74) is 5.03. The molecule has 0 bridgehead atoms. The van der Waals surface area contributed by atoms with Crippen molar-refractivity contribution in [3.05, 3.63) is 63.9 Å². The molecule has 1 aliphatic heterocycles. The van der Waals surface area contributed by atoms with Crippen LogP contribution in [0, 0.1) is 20.8 Å². The summed E-state index contributed by atoms with van der Waals surface area (Å²) in [7, 11) is 0. The van der Waals surface area contributed by atoms with E-state index in [1.54, 1.807) is 24.3 Å². The topological polar surface area (TPSA) is 68.5 Å². The fraction of sp³-hybridized carbons (Fsp3) is 0.320. The number of ether oxygens (including phenoxy) is 1. The number of hydrogen-bond acceptors (Lipinski definition) is 6. The summed E-state index contributed by atoms with van der Waals surface area (Å²) in [6.07, 6.45) is 1.51. The second-order valence-corrected chi connectivity index (χ2v) is 9.78. The highest BCUT2D eigenvalue weighted by Gasteiger charge is 2.30. The van der Waals surface area contributed by atoms with E-state index in [-0.39, 0.29) is 12.0 Å². The standard InChI is InChI=1S/C25H24ClN3O3S/c1-14-8-9-15(2)23-21(14)27-25(33-23)31-17-10-12-29(13-11-17)24(30)20-16(3)32-28-22(20)18-6-4-5-7-19(18)26/h4-9,17H,10-13H2,1-3H3. The minimum atomic E-state index is -0.0895. The fourth-order valence-corrected chi connectivity index (χ4v) is 5.48. The van der Waals surface area contributed by atoms with Gasteiger partial charge in [-0.2, -0.15) is 0 Å². The van der Waals surface area contributed by atoms with Crippen molar-refractivity contribution in [3.8, 4) is 16.5 Å². The van der Waals surface area contributed by atoms with E-state index in [1.165, 1.54) is 10.3 Å². The van der Waals surface area contributed by atoms with E-state index in [4.69, 9.17) is 25.8 Å². The molecule has 1 aliphatic rings. The molecule has 0 spiro atoms. The second-order valence-electron chi connectivity index (χ2n) is 8.41. The number of likely N-dealkylation sites (tertiary alicyclic amines) is 1. The van der Waals surface area contributed by atoms with Gasteiger partial charge in [0.25, 0.3) is 11.1 Å². The molecule has 1 saturated heterocycles. The van der Waals surface area contributed by atoms with Crippen molar-refractivity contribution >= 4 is 39.1 Å². The van der Waals surface area contributed by atoms with Gasteiger partial charge in [0, 0.05) is 31.5 Å². The van der Waals surface area contributed by atoms with Crippen LogP contribution < -0.4 is 4.74 Å². The van der Waals surface area contributed by atoms with Crippen LogP contribution in [-0.4, -0.2) is 40.1 Å². The van der Waals surface area contributed by atoms with Crippen LogP contribution in [0.1, 0.15) is 40.1 Å². The first-order valence-corrected chi connectivity index (χ1v) is 12.2. The molecule has 0 N–H and O–H groups in total. The van der Waals surface area contributed by atoms with Gasteiger partial charge in [-0.25, -0.2) is 4.98 Å². The SMILES string of the molecule is Cc1onc(-c2ccccc2Cl)c1C(=O)N1CCC(Oc2nc3c(C)ccc(C)c3s2)CC1. The van der Waals surface area contributed by atoms with E-state index < -0.39 is 0 Å². The van der Waals surface area contributed by atoms with Gasteiger partial charge in [-0.05, 0) is 38.0 Å². The van der Waals surface area contributed by atoms with E-state index in [9.17, 15) is 4.79 Å². The van der Waals surface area contributed by atoms with Crippen LogP contribution in [0.3, 0.4) is 0 Å². The molecule has 3 heterocycles. The molecule has 0 atom stereocenters. The first-order valence-electron chi connectivity index (χ1n) is 11.0. The van der Waals surface area contributed by atoms with Crippen LogP contribution >= 0.6 is 22.9 Å². The maximum atomic E-state index is 13.4.